The third-order valence-corrected chi connectivity index (χ3v) is 5.06. The molecular weight excluding hydrogens is 400 g/mol. The lowest BCUT2D eigenvalue weighted by Gasteiger charge is -2.27. The van der Waals surface area contributed by atoms with Crippen LogP contribution >= 0.6 is 12.2 Å². The molecule has 4 aliphatic heterocycles. The Morgan fingerprint density at radius 2 is 2.00 bits per heavy atom. The maximum absolute atomic E-state index is 12.2. The Hall–Kier alpha value is -3.18. The quantitative estimate of drug-likeness (QED) is 0.512. The molecule has 0 saturated carbocycles. The number of esters is 1. The third kappa shape index (κ3) is 3.08. The van der Waals surface area contributed by atoms with Crippen LogP contribution in [0.1, 0.15) is 10.4 Å². The highest BCUT2D eigenvalue weighted by Gasteiger charge is 2.57. The first-order valence-electron chi connectivity index (χ1n) is 8.82. The van der Waals surface area contributed by atoms with Gasteiger partial charge in [-0.15, -0.1) is 0 Å². The summed E-state index contributed by atoms with van der Waals surface area (Å²) in [7, 11) is 0. The van der Waals surface area contributed by atoms with Crippen LogP contribution < -0.4 is 0 Å². The summed E-state index contributed by atoms with van der Waals surface area (Å²) < 4.78 is 22.6. The number of hydrogen-bond acceptors (Lipinski definition) is 10. The molecule has 1 aromatic rings. The van der Waals surface area contributed by atoms with E-state index in [9.17, 15) is 9.59 Å². The molecule has 5 rings (SSSR count). The summed E-state index contributed by atoms with van der Waals surface area (Å²) in [6.45, 7) is -0.0569. The van der Waals surface area contributed by atoms with Crippen molar-refractivity contribution in [2.45, 2.75) is 30.6 Å². The Morgan fingerprint density at radius 3 is 2.83 bits per heavy atom. The van der Waals surface area contributed by atoms with Crippen molar-refractivity contribution in [3.63, 3.8) is 0 Å². The largest absolute Gasteiger partial charge is 0.459 e. The van der Waals surface area contributed by atoms with Gasteiger partial charge in [0.1, 0.15) is 24.9 Å². The molecule has 0 spiro atoms. The van der Waals surface area contributed by atoms with Gasteiger partial charge in [-0.3, -0.25) is 14.7 Å². The van der Waals surface area contributed by atoms with Gasteiger partial charge in [0.15, 0.2) is 24.5 Å². The highest BCUT2D eigenvalue weighted by molar-refractivity contribution is 7.79. The molecule has 1 unspecified atom stereocenters. The second-order valence-electron chi connectivity index (χ2n) is 6.59. The lowest BCUT2D eigenvalue weighted by atomic mass is 10.1. The molecule has 4 aliphatic rings. The maximum Gasteiger partial charge on any atom is 0.353 e. The molecule has 11 heteroatoms. The van der Waals surface area contributed by atoms with Gasteiger partial charge in [-0.05, 0) is 12.1 Å². The van der Waals surface area contributed by atoms with Crippen LogP contribution in [-0.2, 0) is 23.7 Å². The Morgan fingerprint density at radius 1 is 1.21 bits per heavy atom. The van der Waals surface area contributed by atoms with Crippen molar-refractivity contribution in [3.05, 3.63) is 35.9 Å². The van der Waals surface area contributed by atoms with E-state index >= 15 is 0 Å². The zero-order valence-electron chi connectivity index (χ0n) is 14.8. The van der Waals surface area contributed by atoms with E-state index in [4.69, 9.17) is 31.2 Å². The number of nitrogens with zero attached hydrogens (tertiary/aromatic N) is 4. The van der Waals surface area contributed by atoms with Gasteiger partial charge in [0.25, 0.3) is 5.91 Å². The Kier molecular flexibility index (Phi) is 4.32. The zero-order valence-corrected chi connectivity index (χ0v) is 15.6. The first kappa shape index (κ1) is 17.9. The van der Waals surface area contributed by atoms with E-state index < -0.39 is 42.5 Å². The average molecular weight is 414 g/mol. The van der Waals surface area contributed by atoms with Crippen molar-refractivity contribution >= 4 is 47.8 Å². The van der Waals surface area contributed by atoms with E-state index in [0.717, 1.165) is 0 Å². The molecule has 1 aromatic carbocycles. The van der Waals surface area contributed by atoms with Crippen molar-refractivity contribution in [3.8, 4) is 0 Å². The first-order valence-corrected chi connectivity index (χ1v) is 9.23. The van der Waals surface area contributed by atoms with Gasteiger partial charge in [0.2, 0.25) is 0 Å². The third-order valence-electron chi connectivity index (χ3n) is 4.87. The number of hydrogen-bond donors (Lipinski definition) is 0. The molecule has 1 amide bonds. The van der Waals surface area contributed by atoms with Crippen LogP contribution in [0.3, 0.4) is 0 Å². The summed E-state index contributed by atoms with van der Waals surface area (Å²) in [5, 5.41) is -0.0106. The summed E-state index contributed by atoms with van der Waals surface area (Å²) in [5.41, 5.74) is 0.432. The van der Waals surface area contributed by atoms with Crippen LogP contribution in [0.15, 0.2) is 45.3 Å². The van der Waals surface area contributed by atoms with Crippen LogP contribution in [0.25, 0.3) is 0 Å². The molecule has 29 heavy (non-hydrogen) atoms. The molecule has 148 valence electrons. The van der Waals surface area contributed by atoms with Gasteiger partial charge < -0.3 is 18.9 Å². The summed E-state index contributed by atoms with van der Waals surface area (Å²) in [6, 6.07) is 7.83. The van der Waals surface area contributed by atoms with Crippen LogP contribution in [-0.4, -0.2) is 77.7 Å². The molecule has 0 radical (unpaired) electrons. The summed E-state index contributed by atoms with van der Waals surface area (Å²) in [5.74, 6) is -0.496. The van der Waals surface area contributed by atoms with Crippen LogP contribution in [0.5, 0.6) is 0 Å². The highest BCUT2D eigenvalue weighted by atomic mass is 32.1. The second kappa shape index (κ2) is 7.01. The Balaban J connectivity index is 1.32. The predicted octanol–water partition coefficient (Wildman–Crippen LogP) is 0.317. The van der Waals surface area contributed by atoms with Crippen molar-refractivity contribution < 1.29 is 28.5 Å². The Bertz CT molecular complexity index is 964. The van der Waals surface area contributed by atoms with Crippen LogP contribution in [0.4, 0.5) is 0 Å². The predicted molar refractivity (Wildman–Crippen MR) is 103 cm³/mol. The van der Waals surface area contributed by atoms with Crippen LogP contribution in [0, 0.1) is 0 Å². The number of benzene rings is 1. The number of rotatable bonds is 4. The minimum absolute atomic E-state index is 0.0106. The zero-order chi connectivity index (χ0) is 20.0. The number of thiocarbonyl (C=S) groups is 1. The summed E-state index contributed by atoms with van der Waals surface area (Å²) in [6.07, 6.45) is 0.146. The number of carbonyl (C=O) groups excluding carboxylic acids is 2. The number of amidine groups is 1. The van der Waals surface area contributed by atoms with Crippen molar-refractivity contribution in [2.24, 2.45) is 15.0 Å². The number of carbonyl (C=O) groups is 2. The number of ether oxygens (including phenoxy) is 4. The molecule has 2 saturated heterocycles. The van der Waals surface area contributed by atoms with E-state index in [1.807, 2.05) is 6.07 Å². The van der Waals surface area contributed by atoms with E-state index in [-0.39, 0.29) is 11.8 Å². The molecule has 0 bridgehead atoms. The maximum atomic E-state index is 12.2. The standard InChI is InChI=1S/C18H14N4O6S/c23-15-11-14(19-7-20-15)22(8-21-11)16-13-12(27-18(29)28-13)10(26-16)6-25-17(24)9-4-2-1-3-5-9/h1-5,7-8,10-13,16H,6H2/t10-,11?,12-,13-,16-/m1/s1. The van der Waals surface area contributed by atoms with Crippen molar-refractivity contribution in [1.82, 2.24) is 4.90 Å². The van der Waals surface area contributed by atoms with Gasteiger partial charge >= 0.3 is 11.2 Å². The minimum Gasteiger partial charge on any atom is -0.459 e. The normalized spacial score (nSPS) is 31.8. The van der Waals surface area contributed by atoms with E-state index in [1.54, 1.807) is 29.2 Å². The summed E-state index contributed by atoms with van der Waals surface area (Å²) in [4.78, 5) is 37.7. The molecule has 5 atom stereocenters. The smallest absolute Gasteiger partial charge is 0.353 e. The van der Waals surface area contributed by atoms with Gasteiger partial charge in [-0.1, -0.05) is 18.2 Å². The molecule has 0 aromatic heterocycles. The second-order valence-corrected chi connectivity index (χ2v) is 6.92. The minimum atomic E-state index is -0.800. The lowest BCUT2D eigenvalue weighted by molar-refractivity contribution is -0.117. The molecule has 0 aliphatic carbocycles. The SMILES string of the molecule is O=C(OC[C@H]1O[C@@H](N2C=NC3C(=O)N=CN=C32)[C@@H]2OC(=S)O[C@@H]21)c1ccccc1. The molecular formula is C18H14N4O6S. The van der Waals surface area contributed by atoms with Gasteiger partial charge in [-0.25, -0.2) is 9.79 Å². The fraction of sp³-hybridized carbons (Fsp3) is 0.333. The van der Waals surface area contributed by atoms with Gasteiger partial charge in [0.05, 0.1) is 11.9 Å². The van der Waals surface area contributed by atoms with E-state index in [1.165, 1.54) is 12.7 Å². The van der Waals surface area contributed by atoms with Crippen molar-refractivity contribution in [2.75, 3.05) is 6.61 Å². The first-order chi connectivity index (χ1) is 14.1. The molecule has 10 nitrogen and oxygen atoms in total. The monoisotopic (exact) mass is 414 g/mol. The molecule has 2 fully saturated rings. The van der Waals surface area contributed by atoms with E-state index in [2.05, 4.69) is 15.0 Å². The highest BCUT2D eigenvalue weighted by Crippen LogP contribution is 2.35. The molecule has 4 heterocycles. The Labute approximate surface area is 169 Å². The fourth-order valence-electron chi connectivity index (χ4n) is 3.53. The van der Waals surface area contributed by atoms with Gasteiger partial charge in [-0.2, -0.15) is 4.99 Å². The molecule has 0 N–H and O–H groups in total. The van der Waals surface area contributed by atoms with Gasteiger partial charge in [0, 0.05) is 12.2 Å². The lowest BCUT2D eigenvalue weighted by Crippen LogP contribution is -2.48. The topological polar surface area (TPSA) is 111 Å². The van der Waals surface area contributed by atoms with Crippen molar-refractivity contribution in [1.29, 1.82) is 0 Å². The summed E-state index contributed by atoms with van der Waals surface area (Å²) >= 11 is 5.03. The number of aliphatic imine (C=N–C) groups is 3. The fourth-order valence-corrected chi connectivity index (χ4v) is 3.75. The number of fused-ring (bicyclic) bond motifs is 2. The average Bonchev–Trinajstić information content (AvgIpc) is 3.41. The number of amides is 1. The van der Waals surface area contributed by atoms with E-state index in [0.29, 0.717) is 11.4 Å². The van der Waals surface area contributed by atoms with Crippen LogP contribution in [0.2, 0.25) is 0 Å².